The Morgan fingerprint density at radius 3 is 2.25 bits per heavy atom. The molecule has 8 heteroatoms. The highest BCUT2D eigenvalue weighted by molar-refractivity contribution is 6.46. The van der Waals surface area contributed by atoms with Crippen molar-refractivity contribution in [2.75, 3.05) is 10.2 Å². The monoisotopic (exact) mass is 424 g/mol. The number of benzene rings is 3. The van der Waals surface area contributed by atoms with Crippen molar-refractivity contribution in [2.24, 2.45) is 0 Å². The number of rotatable bonds is 5. The van der Waals surface area contributed by atoms with Gasteiger partial charge in [0, 0.05) is 17.8 Å². The molecular formula is C24H16N4O4. The minimum Gasteiger partial charge on any atom is -0.350 e. The summed E-state index contributed by atoms with van der Waals surface area (Å²) in [7, 11) is 0. The lowest BCUT2D eigenvalue weighted by molar-refractivity contribution is -0.384. The van der Waals surface area contributed by atoms with E-state index in [1.165, 1.54) is 48.5 Å². The van der Waals surface area contributed by atoms with Gasteiger partial charge in [0.25, 0.3) is 17.5 Å². The van der Waals surface area contributed by atoms with Crippen molar-refractivity contribution in [3.63, 3.8) is 0 Å². The maximum Gasteiger partial charge on any atom is 0.282 e. The van der Waals surface area contributed by atoms with Gasteiger partial charge >= 0.3 is 0 Å². The lowest BCUT2D eigenvalue weighted by Gasteiger charge is -2.15. The average molecular weight is 424 g/mol. The highest BCUT2D eigenvalue weighted by Gasteiger charge is 2.40. The van der Waals surface area contributed by atoms with Gasteiger partial charge in [-0.1, -0.05) is 12.1 Å². The summed E-state index contributed by atoms with van der Waals surface area (Å²) in [5.74, 6) is -1.13. The molecule has 0 unspecified atom stereocenters. The van der Waals surface area contributed by atoms with Gasteiger partial charge in [-0.05, 0) is 66.6 Å². The summed E-state index contributed by atoms with van der Waals surface area (Å²) in [6.07, 6.45) is 0. The Morgan fingerprint density at radius 2 is 1.66 bits per heavy atom. The van der Waals surface area contributed by atoms with Gasteiger partial charge in [-0.3, -0.25) is 19.7 Å². The van der Waals surface area contributed by atoms with Crippen LogP contribution in [0.15, 0.2) is 78.5 Å². The number of nitrogens with zero attached hydrogens (tertiary/aromatic N) is 3. The van der Waals surface area contributed by atoms with Crippen LogP contribution in [0.5, 0.6) is 0 Å². The smallest absolute Gasteiger partial charge is 0.282 e. The number of anilines is 2. The number of non-ortho nitro benzene ring substituents is 1. The van der Waals surface area contributed by atoms with E-state index in [1.54, 1.807) is 6.07 Å². The molecule has 0 aliphatic carbocycles. The number of nitriles is 1. The number of carbonyl (C=O) groups is 2. The highest BCUT2D eigenvalue weighted by Crippen LogP contribution is 2.34. The predicted octanol–water partition coefficient (Wildman–Crippen LogP) is 4.17. The summed E-state index contributed by atoms with van der Waals surface area (Å²) >= 11 is 0. The van der Waals surface area contributed by atoms with E-state index in [-0.39, 0.29) is 17.0 Å². The fraction of sp³-hybridized carbons (Fsp3) is 0.0417. The molecule has 0 bridgehead atoms. The number of amides is 2. The summed E-state index contributed by atoms with van der Waals surface area (Å²) in [4.78, 5) is 38.2. The molecule has 0 spiro atoms. The van der Waals surface area contributed by atoms with Crippen molar-refractivity contribution in [3.05, 3.63) is 105 Å². The van der Waals surface area contributed by atoms with E-state index < -0.39 is 16.7 Å². The first-order valence-corrected chi connectivity index (χ1v) is 9.61. The van der Waals surface area contributed by atoms with Crippen molar-refractivity contribution in [1.82, 2.24) is 0 Å². The minimum atomic E-state index is -0.566. The van der Waals surface area contributed by atoms with Crippen LogP contribution in [0.4, 0.5) is 17.1 Å². The standard InChI is InChI=1S/C24H16N4O4/c1-15-3-2-4-18(13-15)26-22-21(17-7-11-20(12-8-17)28(31)32)23(29)27(24(22)30)19-9-5-16(14-25)6-10-19/h2-13,26H,1H3. The lowest BCUT2D eigenvalue weighted by atomic mass is 10.0. The molecule has 156 valence electrons. The SMILES string of the molecule is Cc1cccc(NC2=C(c3ccc([N+](=O)[O-])cc3)C(=O)N(c3ccc(C#N)cc3)C2=O)c1. The first kappa shape index (κ1) is 20.5. The molecule has 3 aromatic rings. The molecule has 0 radical (unpaired) electrons. The zero-order valence-corrected chi connectivity index (χ0v) is 16.9. The van der Waals surface area contributed by atoms with Crippen LogP contribution in [0.2, 0.25) is 0 Å². The maximum absolute atomic E-state index is 13.4. The fourth-order valence-electron chi connectivity index (χ4n) is 3.45. The number of nitrogens with one attached hydrogen (secondary N) is 1. The van der Waals surface area contributed by atoms with Gasteiger partial charge < -0.3 is 5.32 Å². The second kappa shape index (κ2) is 8.16. The number of nitro benzene ring substituents is 1. The Labute approximate surface area is 183 Å². The molecule has 0 saturated carbocycles. The number of imide groups is 1. The average Bonchev–Trinajstić information content (AvgIpc) is 3.03. The molecule has 0 atom stereocenters. The van der Waals surface area contributed by atoms with Crippen LogP contribution in [-0.4, -0.2) is 16.7 Å². The number of aryl methyl sites for hydroxylation is 1. The third kappa shape index (κ3) is 3.70. The molecule has 4 rings (SSSR count). The van der Waals surface area contributed by atoms with Gasteiger partial charge in [0.1, 0.15) is 5.70 Å². The molecule has 3 aromatic carbocycles. The fourth-order valence-corrected chi connectivity index (χ4v) is 3.45. The largest absolute Gasteiger partial charge is 0.350 e. The first-order chi connectivity index (χ1) is 15.4. The van der Waals surface area contributed by atoms with Crippen LogP contribution in [0.25, 0.3) is 5.57 Å². The predicted molar refractivity (Wildman–Crippen MR) is 118 cm³/mol. The minimum absolute atomic E-state index is 0.0683. The molecule has 0 aromatic heterocycles. The third-order valence-electron chi connectivity index (χ3n) is 4.99. The van der Waals surface area contributed by atoms with E-state index >= 15 is 0 Å². The molecule has 32 heavy (non-hydrogen) atoms. The van der Waals surface area contributed by atoms with Gasteiger partial charge in [0.15, 0.2) is 0 Å². The molecule has 8 nitrogen and oxygen atoms in total. The van der Waals surface area contributed by atoms with Crippen LogP contribution in [0.1, 0.15) is 16.7 Å². The number of hydrogen-bond donors (Lipinski definition) is 1. The zero-order chi connectivity index (χ0) is 22.8. The van der Waals surface area contributed by atoms with Crippen LogP contribution >= 0.6 is 0 Å². The maximum atomic E-state index is 13.4. The summed E-state index contributed by atoms with van der Waals surface area (Å²) in [5, 5.41) is 23.1. The topological polar surface area (TPSA) is 116 Å². The van der Waals surface area contributed by atoms with Crippen LogP contribution in [0, 0.1) is 28.4 Å². The van der Waals surface area contributed by atoms with Gasteiger partial charge in [0.05, 0.1) is 27.8 Å². The molecule has 1 N–H and O–H groups in total. The van der Waals surface area contributed by atoms with Gasteiger partial charge in [-0.25, -0.2) is 4.90 Å². The van der Waals surface area contributed by atoms with Gasteiger partial charge in [-0.15, -0.1) is 0 Å². The van der Waals surface area contributed by atoms with E-state index in [2.05, 4.69) is 5.32 Å². The summed E-state index contributed by atoms with van der Waals surface area (Å²) in [6.45, 7) is 1.90. The Balaban J connectivity index is 1.81. The van der Waals surface area contributed by atoms with E-state index in [9.17, 15) is 19.7 Å². The normalized spacial score (nSPS) is 13.3. The molecular weight excluding hydrogens is 408 g/mol. The molecule has 1 aliphatic heterocycles. The Kier molecular flexibility index (Phi) is 5.23. The first-order valence-electron chi connectivity index (χ1n) is 9.61. The molecule has 1 aliphatic rings. The van der Waals surface area contributed by atoms with Crippen molar-refractivity contribution < 1.29 is 14.5 Å². The van der Waals surface area contributed by atoms with Crippen molar-refractivity contribution in [3.8, 4) is 6.07 Å². The Morgan fingerprint density at radius 1 is 0.969 bits per heavy atom. The lowest BCUT2D eigenvalue weighted by Crippen LogP contribution is -2.32. The van der Waals surface area contributed by atoms with E-state index in [0.29, 0.717) is 22.5 Å². The van der Waals surface area contributed by atoms with Crippen LogP contribution < -0.4 is 10.2 Å². The highest BCUT2D eigenvalue weighted by atomic mass is 16.6. The third-order valence-corrected chi connectivity index (χ3v) is 4.99. The van der Waals surface area contributed by atoms with Gasteiger partial charge in [-0.2, -0.15) is 5.26 Å². The summed E-state index contributed by atoms with van der Waals surface area (Å²) in [5.41, 5.74) is 2.74. The summed E-state index contributed by atoms with van der Waals surface area (Å²) < 4.78 is 0. The van der Waals surface area contributed by atoms with Crippen molar-refractivity contribution in [2.45, 2.75) is 6.92 Å². The quantitative estimate of drug-likeness (QED) is 0.373. The second-order valence-electron chi connectivity index (χ2n) is 7.15. The Hall–Kier alpha value is -4.77. The number of carbonyl (C=O) groups excluding carboxylic acids is 2. The van der Waals surface area contributed by atoms with E-state index in [0.717, 1.165) is 10.5 Å². The molecule has 0 saturated heterocycles. The van der Waals surface area contributed by atoms with Crippen molar-refractivity contribution >= 4 is 34.4 Å². The van der Waals surface area contributed by atoms with Crippen molar-refractivity contribution in [1.29, 1.82) is 5.26 Å². The van der Waals surface area contributed by atoms with E-state index in [4.69, 9.17) is 5.26 Å². The molecule has 0 fully saturated rings. The van der Waals surface area contributed by atoms with Crippen LogP contribution in [0.3, 0.4) is 0 Å². The molecule has 2 amide bonds. The van der Waals surface area contributed by atoms with Gasteiger partial charge in [0.2, 0.25) is 0 Å². The van der Waals surface area contributed by atoms with E-state index in [1.807, 2.05) is 31.2 Å². The number of nitro groups is 1. The van der Waals surface area contributed by atoms with Crippen LogP contribution in [-0.2, 0) is 9.59 Å². The summed E-state index contributed by atoms with van der Waals surface area (Å²) in [6, 6.07) is 20.9. The zero-order valence-electron chi connectivity index (χ0n) is 16.9. The Bertz CT molecular complexity index is 1320. The number of hydrogen-bond acceptors (Lipinski definition) is 6. The molecule has 1 heterocycles. The second-order valence-corrected chi connectivity index (χ2v) is 7.15.